The number of nitrogens with zero attached hydrogens (tertiary/aromatic N) is 2. The molecule has 1 saturated heterocycles. The zero-order valence-electron chi connectivity index (χ0n) is 16.3. The highest BCUT2D eigenvalue weighted by atomic mass is 32.2. The number of rotatable bonds is 9. The van der Waals surface area contributed by atoms with Crippen LogP contribution in [0.2, 0.25) is 0 Å². The number of amides is 2. The Morgan fingerprint density at radius 2 is 1.97 bits per heavy atom. The number of ether oxygens (including phenoxy) is 1. The maximum absolute atomic E-state index is 14.3. The van der Waals surface area contributed by atoms with Gasteiger partial charge in [-0.25, -0.2) is 14.7 Å². The first-order valence-electron chi connectivity index (χ1n) is 9.41. The third-order valence-electron chi connectivity index (χ3n) is 4.53. The van der Waals surface area contributed by atoms with Gasteiger partial charge in [-0.3, -0.25) is 24.7 Å². The SMILES string of the molecule is C[C@H]1O[C@@H](n2cc(F)c(NC(=O)SCCCCCCC(=O)NO)nc2=O)[C@H](O)[C@@H]1O. The summed E-state index contributed by atoms with van der Waals surface area (Å²) >= 11 is 0.903. The number of carbonyl (C=O) groups excluding carboxylic acids is 2. The fraction of sp³-hybridized carbons (Fsp3) is 0.647. The molecule has 4 atom stereocenters. The zero-order valence-corrected chi connectivity index (χ0v) is 17.1. The van der Waals surface area contributed by atoms with Gasteiger partial charge in [0, 0.05) is 12.2 Å². The molecule has 11 nitrogen and oxygen atoms in total. The van der Waals surface area contributed by atoms with Crippen molar-refractivity contribution in [3.8, 4) is 0 Å². The number of unbranched alkanes of at least 4 members (excludes halogenated alkanes) is 3. The van der Waals surface area contributed by atoms with Gasteiger partial charge in [0.25, 0.3) is 5.24 Å². The molecule has 2 heterocycles. The number of hydroxylamine groups is 1. The largest absolute Gasteiger partial charge is 0.388 e. The molecular weight excluding hydrogens is 423 g/mol. The molecule has 168 valence electrons. The van der Waals surface area contributed by atoms with E-state index in [0.717, 1.165) is 35.4 Å². The summed E-state index contributed by atoms with van der Waals surface area (Å²) in [5.74, 6) is -1.52. The second kappa shape index (κ2) is 11.4. The number of aliphatic hydroxyl groups is 2. The molecule has 0 aliphatic carbocycles. The number of thioether (sulfide) groups is 1. The van der Waals surface area contributed by atoms with Gasteiger partial charge in [0.05, 0.1) is 12.3 Å². The van der Waals surface area contributed by atoms with E-state index in [0.29, 0.717) is 18.6 Å². The normalized spacial score (nSPS) is 23.4. The fourth-order valence-electron chi connectivity index (χ4n) is 2.87. The van der Waals surface area contributed by atoms with E-state index in [9.17, 15) is 29.0 Å². The van der Waals surface area contributed by atoms with E-state index >= 15 is 0 Å². The number of halogens is 1. The Morgan fingerprint density at radius 3 is 2.60 bits per heavy atom. The summed E-state index contributed by atoms with van der Waals surface area (Å²) in [5, 5.41) is 29.7. The Labute approximate surface area is 175 Å². The van der Waals surface area contributed by atoms with Crippen molar-refractivity contribution in [1.29, 1.82) is 0 Å². The third-order valence-corrected chi connectivity index (χ3v) is 5.39. The Bertz CT molecular complexity index is 809. The summed E-state index contributed by atoms with van der Waals surface area (Å²) in [6.45, 7) is 1.50. The highest BCUT2D eigenvalue weighted by Crippen LogP contribution is 2.28. The lowest BCUT2D eigenvalue weighted by molar-refractivity contribution is -0.129. The van der Waals surface area contributed by atoms with Gasteiger partial charge in [0.15, 0.2) is 17.9 Å². The van der Waals surface area contributed by atoms with E-state index < -0.39 is 53.0 Å². The van der Waals surface area contributed by atoms with E-state index in [1.165, 1.54) is 6.92 Å². The molecule has 0 spiro atoms. The van der Waals surface area contributed by atoms with Crippen LogP contribution in [0.25, 0.3) is 0 Å². The first kappa shape index (κ1) is 24.2. The van der Waals surface area contributed by atoms with Crippen molar-refractivity contribution in [2.45, 2.75) is 63.6 Å². The Morgan fingerprint density at radius 1 is 1.27 bits per heavy atom. The molecule has 2 amide bonds. The van der Waals surface area contributed by atoms with Crippen molar-refractivity contribution in [2.24, 2.45) is 0 Å². The molecule has 1 aromatic rings. The van der Waals surface area contributed by atoms with Gasteiger partial charge in [0.2, 0.25) is 5.91 Å². The summed E-state index contributed by atoms with van der Waals surface area (Å²) in [7, 11) is 0. The van der Waals surface area contributed by atoms with Crippen LogP contribution in [-0.2, 0) is 9.53 Å². The average molecular weight is 448 g/mol. The van der Waals surface area contributed by atoms with Gasteiger partial charge >= 0.3 is 5.69 Å². The first-order valence-corrected chi connectivity index (χ1v) is 10.4. The molecule has 13 heteroatoms. The van der Waals surface area contributed by atoms with Crippen molar-refractivity contribution < 1.29 is 34.1 Å². The minimum Gasteiger partial charge on any atom is -0.388 e. The molecule has 0 saturated carbocycles. The van der Waals surface area contributed by atoms with Crippen LogP contribution in [0.3, 0.4) is 0 Å². The summed E-state index contributed by atoms with van der Waals surface area (Å²) in [5.41, 5.74) is 0.602. The number of hydrogen-bond acceptors (Lipinski definition) is 9. The van der Waals surface area contributed by atoms with E-state index in [1.54, 1.807) is 5.48 Å². The summed E-state index contributed by atoms with van der Waals surface area (Å²) < 4.78 is 20.3. The number of carbonyl (C=O) groups is 2. The van der Waals surface area contributed by atoms with E-state index in [2.05, 4.69) is 10.3 Å². The van der Waals surface area contributed by atoms with Crippen LogP contribution in [0.15, 0.2) is 11.0 Å². The monoisotopic (exact) mass is 448 g/mol. The minimum atomic E-state index is -1.42. The number of aliphatic hydroxyl groups excluding tert-OH is 2. The molecule has 0 bridgehead atoms. The van der Waals surface area contributed by atoms with Gasteiger partial charge < -0.3 is 14.9 Å². The molecule has 1 fully saturated rings. The molecule has 0 radical (unpaired) electrons. The maximum atomic E-state index is 14.3. The van der Waals surface area contributed by atoms with Crippen LogP contribution in [0, 0.1) is 5.82 Å². The Hall–Kier alpha value is -2.06. The molecule has 2 rings (SSSR count). The number of nitrogens with one attached hydrogen (secondary N) is 2. The summed E-state index contributed by atoms with van der Waals surface area (Å²) in [6.07, 6.45) is -0.868. The lowest BCUT2D eigenvalue weighted by Crippen LogP contribution is -2.36. The molecule has 0 aromatic carbocycles. The third kappa shape index (κ3) is 6.47. The summed E-state index contributed by atoms with van der Waals surface area (Å²) in [6, 6.07) is 0. The second-order valence-corrected chi connectivity index (χ2v) is 7.87. The average Bonchev–Trinajstić information content (AvgIpc) is 2.96. The van der Waals surface area contributed by atoms with Crippen molar-refractivity contribution in [1.82, 2.24) is 15.0 Å². The zero-order chi connectivity index (χ0) is 22.3. The molecule has 30 heavy (non-hydrogen) atoms. The Balaban J connectivity index is 1.81. The lowest BCUT2D eigenvalue weighted by Gasteiger charge is -2.17. The standard InChI is InChI=1S/C17H25FN4O7S/c1-9-12(24)13(25)15(29-9)22-8-10(18)14(19-16(22)26)20-17(27)30-7-5-3-2-4-6-11(23)21-28/h8-9,12-13,15,24-25,28H,2-7H2,1H3,(H,21,23)(H,19,20,26,27)/t9-,12-,13-,15-/m1/s1. The highest BCUT2D eigenvalue weighted by Gasteiger charge is 2.42. The molecular formula is C17H25FN4O7S. The number of hydrogen-bond donors (Lipinski definition) is 5. The van der Waals surface area contributed by atoms with Gasteiger partial charge in [0.1, 0.15) is 12.2 Å². The smallest absolute Gasteiger partial charge is 0.351 e. The first-order chi connectivity index (χ1) is 14.2. The lowest BCUT2D eigenvalue weighted by atomic mass is 10.1. The topological polar surface area (TPSA) is 163 Å². The van der Waals surface area contributed by atoms with Gasteiger partial charge in [-0.2, -0.15) is 4.98 Å². The highest BCUT2D eigenvalue weighted by molar-refractivity contribution is 8.13. The van der Waals surface area contributed by atoms with Crippen molar-refractivity contribution in [3.05, 3.63) is 22.5 Å². The van der Waals surface area contributed by atoms with Crippen LogP contribution in [0.1, 0.15) is 45.3 Å². The van der Waals surface area contributed by atoms with Gasteiger partial charge in [-0.15, -0.1) is 0 Å². The van der Waals surface area contributed by atoms with Crippen LogP contribution in [0.5, 0.6) is 0 Å². The molecule has 0 unspecified atom stereocenters. The maximum Gasteiger partial charge on any atom is 0.351 e. The van der Waals surface area contributed by atoms with Crippen LogP contribution < -0.4 is 16.5 Å². The van der Waals surface area contributed by atoms with E-state index in [1.807, 2.05) is 0 Å². The number of anilines is 1. The Kier molecular flexibility index (Phi) is 9.17. The summed E-state index contributed by atoms with van der Waals surface area (Å²) in [4.78, 5) is 38.4. The van der Waals surface area contributed by atoms with Gasteiger partial charge in [-0.05, 0) is 19.8 Å². The van der Waals surface area contributed by atoms with Gasteiger partial charge in [-0.1, -0.05) is 24.6 Å². The van der Waals surface area contributed by atoms with Crippen LogP contribution in [0.4, 0.5) is 15.0 Å². The molecule has 1 aliphatic heterocycles. The van der Waals surface area contributed by atoms with Crippen molar-refractivity contribution >= 4 is 28.7 Å². The fourth-order valence-corrected chi connectivity index (χ4v) is 3.57. The molecule has 5 N–H and O–H groups in total. The predicted molar refractivity (Wildman–Crippen MR) is 105 cm³/mol. The van der Waals surface area contributed by atoms with Crippen molar-refractivity contribution in [3.63, 3.8) is 0 Å². The van der Waals surface area contributed by atoms with Crippen LogP contribution in [-0.4, -0.2) is 60.2 Å². The number of aromatic nitrogens is 2. The second-order valence-electron chi connectivity index (χ2n) is 6.80. The van der Waals surface area contributed by atoms with E-state index in [4.69, 9.17) is 9.94 Å². The van der Waals surface area contributed by atoms with Crippen molar-refractivity contribution in [2.75, 3.05) is 11.1 Å². The van der Waals surface area contributed by atoms with E-state index in [-0.39, 0.29) is 6.42 Å². The molecule has 1 aliphatic rings. The molecule has 1 aromatic heterocycles. The predicted octanol–water partition coefficient (Wildman–Crippen LogP) is 0.742. The quantitative estimate of drug-likeness (QED) is 0.208. The minimum absolute atomic E-state index is 0.224. The van der Waals surface area contributed by atoms with Crippen LogP contribution >= 0.6 is 11.8 Å².